The van der Waals surface area contributed by atoms with Crippen molar-refractivity contribution in [3.05, 3.63) is 52.3 Å². The van der Waals surface area contributed by atoms with Gasteiger partial charge < -0.3 is 10.1 Å². The second-order valence-corrected chi connectivity index (χ2v) is 5.99. The molecule has 0 spiro atoms. The fourth-order valence-electron chi connectivity index (χ4n) is 2.28. The highest BCUT2D eigenvalue weighted by Gasteiger charge is 2.20. The first-order chi connectivity index (χ1) is 10.1. The minimum absolute atomic E-state index is 0.665. The zero-order valence-electron chi connectivity index (χ0n) is 12.3. The Kier molecular flexibility index (Phi) is 4.13. The molecule has 1 aromatic carbocycles. The van der Waals surface area contributed by atoms with Crippen LogP contribution in [0, 0.1) is 13.8 Å². The summed E-state index contributed by atoms with van der Waals surface area (Å²) in [6.07, 6.45) is 6.16. The normalized spacial score (nSPS) is 14.2. The highest BCUT2D eigenvalue weighted by molar-refractivity contribution is 6.32. The largest absolute Gasteiger partial charge is 0.457 e. The van der Waals surface area contributed by atoms with Crippen molar-refractivity contribution in [2.24, 2.45) is 0 Å². The summed E-state index contributed by atoms with van der Waals surface area (Å²) in [5.41, 5.74) is 3.13. The van der Waals surface area contributed by atoms with Gasteiger partial charge in [-0.3, -0.25) is 4.98 Å². The summed E-state index contributed by atoms with van der Waals surface area (Å²) in [5, 5.41) is 4.29. The number of hydrogen-bond acceptors (Lipinski definition) is 3. The molecule has 0 bridgehead atoms. The van der Waals surface area contributed by atoms with E-state index in [1.165, 1.54) is 12.8 Å². The molecule has 3 nitrogen and oxygen atoms in total. The van der Waals surface area contributed by atoms with Crippen molar-refractivity contribution in [1.29, 1.82) is 0 Å². The van der Waals surface area contributed by atoms with Crippen LogP contribution in [0.3, 0.4) is 0 Å². The van der Waals surface area contributed by atoms with Crippen molar-refractivity contribution in [3.8, 4) is 11.5 Å². The van der Waals surface area contributed by atoms with E-state index in [1.54, 1.807) is 6.20 Å². The number of nitrogens with one attached hydrogen (secondary N) is 1. The number of ether oxygens (including phenoxy) is 1. The average Bonchev–Trinajstić information content (AvgIpc) is 3.28. The Morgan fingerprint density at radius 2 is 2.00 bits per heavy atom. The second-order valence-electron chi connectivity index (χ2n) is 5.61. The molecule has 110 valence electrons. The summed E-state index contributed by atoms with van der Waals surface area (Å²) in [4.78, 5) is 4.19. The Labute approximate surface area is 130 Å². The van der Waals surface area contributed by atoms with E-state index in [-0.39, 0.29) is 0 Å². The first-order valence-electron chi connectivity index (χ1n) is 7.24. The molecule has 0 amide bonds. The molecule has 1 aromatic heterocycles. The zero-order chi connectivity index (χ0) is 14.8. The quantitative estimate of drug-likeness (QED) is 0.889. The summed E-state index contributed by atoms with van der Waals surface area (Å²) in [5.74, 6) is 1.66. The van der Waals surface area contributed by atoms with Crippen molar-refractivity contribution in [1.82, 2.24) is 10.3 Å². The van der Waals surface area contributed by atoms with Crippen molar-refractivity contribution >= 4 is 11.6 Å². The molecular weight excluding hydrogens is 284 g/mol. The van der Waals surface area contributed by atoms with Crippen LogP contribution in [0.15, 0.2) is 30.6 Å². The predicted octanol–water partition coefficient (Wildman–Crippen LogP) is 4.40. The van der Waals surface area contributed by atoms with Crippen molar-refractivity contribution in [2.75, 3.05) is 0 Å². The fraction of sp³-hybridized carbons (Fsp3) is 0.353. The van der Waals surface area contributed by atoms with E-state index in [2.05, 4.69) is 10.3 Å². The number of halogens is 1. The van der Waals surface area contributed by atoms with Gasteiger partial charge in [0.15, 0.2) is 0 Å². The number of benzene rings is 1. The summed E-state index contributed by atoms with van der Waals surface area (Å²) >= 11 is 6.20. The van der Waals surface area contributed by atoms with E-state index in [9.17, 15) is 0 Å². The molecule has 1 heterocycles. The Hall–Kier alpha value is -1.58. The fourth-order valence-corrected chi connectivity index (χ4v) is 2.39. The van der Waals surface area contributed by atoms with Crippen LogP contribution in [0.25, 0.3) is 0 Å². The summed E-state index contributed by atoms with van der Waals surface area (Å²) in [6, 6.07) is 6.50. The molecule has 3 rings (SSSR count). The number of aromatic nitrogens is 1. The van der Waals surface area contributed by atoms with E-state index in [1.807, 2.05) is 38.2 Å². The molecule has 21 heavy (non-hydrogen) atoms. The van der Waals surface area contributed by atoms with Gasteiger partial charge in [0.25, 0.3) is 0 Å². The topological polar surface area (TPSA) is 34.1 Å². The Bertz CT molecular complexity index is 630. The third-order valence-electron chi connectivity index (χ3n) is 3.66. The lowest BCUT2D eigenvalue weighted by Gasteiger charge is -2.13. The SMILES string of the molecule is Cc1cc(Oc2ccncc2CNC2CC2)cc(C)c1Cl. The highest BCUT2D eigenvalue weighted by Crippen LogP contribution is 2.30. The molecule has 0 radical (unpaired) electrons. The summed E-state index contributed by atoms with van der Waals surface area (Å²) in [6.45, 7) is 4.77. The van der Waals surface area contributed by atoms with Crippen LogP contribution in [-0.4, -0.2) is 11.0 Å². The van der Waals surface area contributed by atoms with Gasteiger partial charge in [-0.15, -0.1) is 0 Å². The molecule has 0 saturated heterocycles. The van der Waals surface area contributed by atoms with Gasteiger partial charge in [0.1, 0.15) is 11.5 Å². The lowest BCUT2D eigenvalue weighted by atomic mass is 10.1. The van der Waals surface area contributed by atoms with Crippen LogP contribution in [0.1, 0.15) is 29.5 Å². The highest BCUT2D eigenvalue weighted by atomic mass is 35.5. The molecule has 1 N–H and O–H groups in total. The number of nitrogens with zero attached hydrogens (tertiary/aromatic N) is 1. The van der Waals surface area contributed by atoms with Crippen molar-refractivity contribution in [2.45, 2.75) is 39.3 Å². The van der Waals surface area contributed by atoms with Crippen LogP contribution in [0.2, 0.25) is 5.02 Å². The van der Waals surface area contributed by atoms with E-state index in [0.717, 1.165) is 39.8 Å². The molecule has 0 atom stereocenters. The molecule has 0 unspecified atom stereocenters. The molecule has 2 aromatic rings. The predicted molar refractivity (Wildman–Crippen MR) is 85.1 cm³/mol. The molecule has 1 aliphatic rings. The Morgan fingerprint density at radius 1 is 1.29 bits per heavy atom. The van der Waals surface area contributed by atoms with Crippen LogP contribution < -0.4 is 10.1 Å². The third-order valence-corrected chi connectivity index (χ3v) is 4.25. The molecule has 4 heteroatoms. The van der Waals surface area contributed by atoms with Crippen LogP contribution >= 0.6 is 11.6 Å². The van der Waals surface area contributed by atoms with Crippen molar-refractivity contribution in [3.63, 3.8) is 0 Å². The lowest BCUT2D eigenvalue weighted by molar-refractivity contribution is 0.470. The monoisotopic (exact) mass is 302 g/mol. The van der Waals surface area contributed by atoms with Gasteiger partial charge in [0.2, 0.25) is 0 Å². The first-order valence-corrected chi connectivity index (χ1v) is 7.62. The maximum absolute atomic E-state index is 6.20. The maximum Gasteiger partial charge on any atom is 0.134 e. The number of rotatable bonds is 5. The molecule has 1 aliphatic carbocycles. The van der Waals surface area contributed by atoms with Gasteiger partial charge in [-0.25, -0.2) is 0 Å². The van der Waals surface area contributed by atoms with Crippen LogP contribution in [0.5, 0.6) is 11.5 Å². The standard InChI is InChI=1S/C17H19ClN2O/c1-11-7-15(8-12(2)17(11)18)21-16-5-6-19-9-13(16)10-20-14-3-4-14/h5-9,14,20H,3-4,10H2,1-2H3. The summed E-state index contributed by atoms with van der Waals surface area (Å²) < 4.78 is 6.04. The molecule has 1 saturated carbocycles. The van der Waals surface area contributed by atoms with E-state index in [0.29, 0.717) is 6.04 Å². The minimum Gasteiger partial charge on any atom is -0.457 e. The number of aryl methyl sites for hydroxylation is 2. The van der Waals surface area contributed by atoms with E-state index < -0.39 is 0 Å². The Balaban J connectivity index is 1.80. The minimum atomic E-state index is 0.665. The number of hydrogen-bond donors (Lipinski definition) is 1. The third kappa shape index (κ3) is 3.55. The van der Waals surface area contributed by atoms with Crippen LogP contribution in [0.4, 0.5) is 0 Å². The molecule has 1 fully saturated rings. The van der Waals surface area contributed by atoms with Crippen molar-refractivity contribution < 1.29 is 4.74 Å². The van der Waals surface area contributed by atoms with E-state index in [4.69, 9.17) is 16.3 Å². The van der Waals surface area contributed by atoms with Gasteiger partial charge in [-0.05, 0) is 56.0 Å². The number of pyridine rings is 1. The van der Waals surface area contributed by atoms with Crippen LogP contribution in [-0.2, 0) is 6.54 Å². The average molecular weight is 303 g/mol. The van der Waals surface area contributed by atoms with Gasteiger partial charge in [0.05, 0.1) is 0 Å². The van der Waals surface area contributed by atoms with Gasteiger partial charge in [-0.1, -0.05) is 11.6 Å². The smallest absolute Gasteiger partial charge is 0.134 e. The second kappa shape index (κ2) is 6.04. The first kappa shape index (κ1) is 14.4. The zero-order valence-corrected chi connectivity index (χ0v) is 13.1. The molecule has 0 aliphatic heterocycles. The van der Waals surface area contributed by atoms with Gasteiger partial charge >= 0.3 is 0 Å². The lowest BCUT2D eigenvalue weighted by Crippen LogP contribution is -2.15. The summed E-state index contributed by atoms with van der Waals surface area (Å²) in [7, 11) is 0. The van der Waals surface area contributed by atoms with E-state index >= 15 is 0 Å². The maximum atomic E-state index is 6.20. The van der Waals surface area contributed by atoms with Gasteiger partial charge in [-0.2, -0.15) is 0 Å². The molecular formula is C17H19ClN2O. The Morgan fingerprint density at radius 3 is 2.67 bits per heavy atom. The van der Waals surface area contributed by atoms with Gasteiger partial charge in [0, 0.05) is 35.6 Å².